The van der Waals surface area contributed by atoms with Gasteiger partial charge in [0, 0.05) is 25.9 Å². The molecule has 1 heteroatoms. The van der Waals surface area contributed by atoms with Gasteiger partial charge in [-0.05, 0) is 90.0 Å². The molecule has 49 heavy (non-hydrogen) atoms. The molecule has 7 aromatic carbocycles. The summed E-state index contributed by atoms with van der Waals surface area (Å²) < 4.78 is 1.37. The van der Waals surface area contributed by atoms with Crippen molar-refractivity contribution in [3.63, 3.8) is 0 Å². The van der Waals surface area contributed by atoms with Crippen LogP contribution in [0.2, 0.25) is 0 Å². The lowest BCUT2D eigenvalue weighted by molar-refractivity contribution is 0.660. The van der Waals surface area contributed by atoms with Crippen molar-refractivity contribution < 1.29 is 0 Å². The Morgan fingerprint density at radius 1 is 0.388 bits per heavy atom. The molecular weight excluding hydrogens is 609 g/mol. The third-order valence-corrected chi connectivity index (χ3v) is 13.1. The van der Waals surface area contributed by atoms with E-state index >= 15 is 0 Å². The maximum Gasteiger partial charge on any atom is 0.0819 e. The van der Waals surface area contributed by atoms with Crippen molar-refractivity contribution in [2.45, 2.75) is 24.7 Å². The Kier molecular flexibility index (Phi) is 5.36. The van der Waals surface area contributed by atoms with Gasteiger partial charge in [-0.3, -0.25) is 0 Å². The molecule has 0 bridgehead atoms. The monoisotopic (exact) mass is 640 g/mol. The molecule has 3 aliphatic carbocycles. The SMILES string of the molecule is CC1(C)c2ccccc2-c2cc(-c3cccc(-c4cccc5c6c(sc45)C4(c5ccccc5-c5ccccc54)c4ccccc4-6)c3)ccc21. The van der Waals surface area contributed by atoms with Crippen LogP contribution in [0.1, 0.15) is 46.5 Å². The predicted molar refractivity (Wildman–Crippen MR) is 207 cm³/mol. The highest BCUT2D eigenvalue weighted by Gasteiger charge is 2.53. The molecule has 8 aromatic rings. The quantitative estimate of drug-likeness (QED) is 0.176. The fourth-order valence-electron chi connectivity index (χ4n) is 9.56. The van der Waals surface area contributed by atoms with Gasteiger partial charge in [0.2, 0.25) is 0 Å². The van der Waals surface area contributed by atoms with E-state index in [-0.39, 0.29) is 10.8 Å². The van der Waals surface area contributed by atoms with E-state index in [1.807, 2.05) is 11.3 Å². The molecule has 0 atom stereocenters. The Hall–Kier alpha value is -5.50. The molecule has 230 valence electrons. The zero-order valence-corrected chi connectivity index (χ0v) is 28.2. The summed E-state index contributed by atoms with van der Waals surface area (Å²) in [5, 5.41) is 1.35. The van der Waals surface area contributed by atoms with Gasteiger partial charge in [-0.2, -0.15) is 0 Å². The van der Waals surface area contributed by atoms with Gasteiger partial charge in [0.05, 0.1) is 5.41 Å². The van der Waals surface area contributed by atoms with Crippen LogP contribution < -0.4 is 0 Å². The normalized spacial score (nSPS) is 15.1. The van der Waals surface area contributed by atoms with Gasteiger partial charge in [-0.15, -0.1) is 11.3 Å². The van der Waals surface area contributed by atoms with Crippen LogP contribution in [0.15, 0.2) is 158 Å². The van der Waals surface area contributed by atoms with Crippen LogP contribution in [0.4, 0.5) is 0 Å². The predicted octanol–water partition coefficient (Wildman–Crippen LogP) is 12.9. The van der Waals surface area contributed by atoms with Crippen molar-refractivity contribution in [1.29, 1.82) is 0 Å². The summed E-state index contributed by atoms with van der Waals surface area (Å²) >= 11 is 2.00. The molecule has 0 aliphatic heterocycles. The molecule has 1 aromatic heterocycles. The average Bonchev–Trinajstić information content (AvgIpc) is 3.84. The molecule has 0 saturated heterocycles. The number of thiophene rings is 1. The van der Waals surface area contributed by atoms with Crippen LogP contribution in [-0.4, -0.2) is 0 Å². The molecule has 0 amide bonds. The van der Waals surface area contributed by atoms with Gasteiger partial charge in [-0.25, -0.2) is 0 Å². The van der Waals surface area contributed by atoms with Crippen LogP contribution in [0.25, 0.3) is 65.7 Å². The minimum absolute atomic E-state index is 0.0118. The van der Waals surface area contributed by atoms with Crippen molar-refractivity contribution in [3.05, 3.63) is 190 Å². The summed E-state index contributed by atoms with van der Waals surface area (Å²) in [7, 11) is 0. The van der Waals surface area contributed by atoms with Crippen molar-refractivity contribution in [1.82, 2.24) is 0 Å². The Bertz CT molecular complexity index is 2650. The van der Waals surface area contributed by atoms with Crippen molar-refractivity contribution in [2.75, 3.05) is 0 Å². The first-order chi connectivity index (χ1) is 24.1. The first kappa shape index (κ1) is 27.5. The zero-order valence-electron chi connectivity index (χ0n) is 27.4. The standard InChI is InChI=1S/C48H32S/c1-47(2)39-21-7-3-17-35(39)38-28-30(25-26-40(38)47)29-13-11-14-31(27-29)32-19-12-20-37-44-36-18-6-10-24-43(36)48(46(44)49-45(32)37)41-22-8-4-15-33(41)34-16-5-9-23-42(34)48/h3-28H,1-2H3. The van der Waals surface area contributed by atoms with E-state index in [9.17, 15) is 0 Å². The minimum Gasteiger partial charge on any atom is -0.137 e. The number of fused-ring (bicyclic) bond motifs is 15. The van der Waals surface area contributed by atoms with E-state index in [0.717, 1.165) is 0 Å². The van der Waals surface area contributed by atoms with E-state index in [0.29, 0.717) is 0 Å². The summed E-state index contributed by atoms with van der Waals surface area (Å²) in [6, 6.07) is 59.4. The lowest BCUT2D eigenvalue weighted by Crippen LogP contribution is -2.24. The first-order valence-electron chi connectivity index (χ1n) is 17.3. The van der Waals surface area contributed by atoms with Crippen LogP contribution >= 0.6 is 11.3 Å². The third-order valence-electron chi connectivity index (χ3n) is 11.7. The van der Waals surface area contributed by atoms with Crippen LogP contribution in [0, 0.1) is 0 Å². The highest BCUT2D eigenvalue weighted by Crippen LogP contribution is 2.66. The molecular formula is C48H32S. The second kappa shape index (κ2) is 9.56. The number of benzene rings is 7. The minimum atomic E-state index is -0.309. The first-order valence-corrected chi connectivity index (χ1v) is 18.1. The molecule has 0 fully saturated rings. The van der Waals surface area contributed by atoms with Gasteiger partial charge < -0.3 is 0 Å². The number of hydrogen-bond acceptors (Lipinski definition) is 1. The fourth-order valence-corrected chi connectivity index (χ4v) is 11.1. The molecule has 1 spiro atoms. The van der Waals surface area contributed by atoms with E-state index in [4.69, 9.17) is 0 Å². The Labute approximate surface area is 291 Å². The molecule has 0 unspecified atom stereocenters. The smallest absolute Gasteiger partial charge is 0.0819 e. The lowest BCUT2D eigenvalue weighted by atomic mass is 9.74. The van der Waals surface area contributed by atoms with Crippen molar-refractivity contribution in [3.8, 4) is 55.6 Å². The topological polar surface area (TPSA) is 0 Å². The van der Waals surface area contributed by atoms with E-state index < -0.39 is 0 Å². The Morgan fingerprint density at radius 3 is 1.61 bits per heavy atom. The summed E-state index contributed by atoms with van der Waals surface area (Å²) in [4.78, 5) is 1.45. The fraction of sp³-hybridized carbons (Fsp3) is 0.0833. The van der Waals surface area contributed by atoms with Gasteiger partial charge in [0.15, 0.2) is 0 Å². The van der Waals surface area contributed by atoms with Gasteiger partial charge >= 0.3 is 0 Å². The molecule has 0 saturated carbocycles. The maximum atomic E-state index is 2.41. The largest absolute Gasteiger partial charge is 0.137 e. The Balaban J connectivity index is 1.12. The van der Waals surface area contributed by atoms with Gasteiger partial charge in [0.25, 0.3) is 0 Å². The average molecular weight is 641 g/mol. The number of hydrogen-bond donors (Lipinski definition) is 0. The lowest BCUT2D eigenvalue weighted by Gasteiger charge is -2.29. The second-order valence-corrected chi connectivity index (χ2v) is 15.4. The maximum absolute atomic E-state index is 2.41. The third kappa shape index (κ3) is 3.39. The van der Waals surface area contributed by atoms with Crippen molar-refractivity contribution >= 4 is 21.4 Å². The van der Waals surface area contributed by atoms with Crippen LogP contribution in [0.3, 0.4) is 0 Å². The summed E-state index contributed by atoms with van der Waals surface area (Å²) in [6.45, 7) is 4.70. The zero-order chi connectivity index (χ0) is 32.5. The van der Waals surface area contributed by atoms with E-state index in [1.54, 1.807) is 0 Å². The molecule has 11 rings (SSSR count). The molecule has 1 heterocycles. The molecule has 0 radical (unpaired) electrons. The highest BCUT2D eigenvalue weighted by molar-refractivity contribution is 7.20. The highest BCUT2D eigenvalue weighted by atomic mass is 32.1. The molecule has 0 N–H and O–H groups in total. The van der Waals surface area contributed by atoms with Crippen molar-refractivity contribution in [2.24, 2.45) is 0 Å². The van der Waals surface area contributed by atoms with Gasteiger partial charge in [0.1, 0.15) is 0 Å². The Morgan fingerprint density at radius 2 is 0.898 bits per heavy atom. The summed E-state index contributed by atoms with van der Waals surface area (Å²) in [6.07, 6.45) is 0. The van der Waals surface area contributed by atoms with Crippen LogP contribution in [0.5, 0.6) is 0 Å². The van der Waals surface area contributed by atoms with Gasteiger partial charge in [-0.1, -0.05) is 159 Å². The summed E-state index contributed by atoms with van der Waals surface area (Å²) in [5.74, 6) is 0. The van der Waals surface area contributed by atoms with E-state index in [1.165, 1.54) is 98.4 Å². The summed E-state index contributed by atoms with van der Waals surface area (Å²) in [5.41, 5.74) is 20.0. The molecule has 0 nitrogen and oxygen atoms in total. The van der Waals surface area contributed by atoms with Crippen LogP contribution in [-0.2, 0) is 10.8 Å². The number of rotatable bonds is 2. The van der Waals surface area contributed by atoms with E-state index in [2.05, 4.69) is 172 Å². The molecule has 3 aliphatic rings. The second-order valence-electron chi connectivity index (χ2n) is 14.4.